The van der Waals surface area contributed by atoms with Crippen LogP contribution in [0.2, 0.25) is 0 Å². The lowest BCUT2D eigenvalue weighted by molar-refractivity contribution is -0.148. The van der Waals surface area contributed by atoms with E-state index < -0.39 is 6.04 Å². The Morgan fingerprint density at radius 1 is 1.33 bits per heavy atom. The molecule has 0 aromatic carbocycles. The Morgan fingerprint density at radius 3 is 2.50 bits per heavy atom. The summed E-state index contributed by atoms with van der Waals surface area (Å²) in [6.07, 6.45) is 3.25. The lowest BCUT2D eigenvalue weighted by Gasteiger charge is -2.17. The van der Waals surface area contributed by atoms with E-state index in [1.54, 1.807) is 18.9 Å². The predicted octanol–water partition coefficient (Wildman–Crippen LogP) is 1.21. The number of esters is 1. The predicted molar refractivity (Wildman–Crippen MR) is 72.7 cm³/mol. The number of amides is 1. The molecule has 106 valence electrons. The molecule has 5 nitrogen and oxygen atoms in total. The van der Waals surface area contributed by atoms with Crippen LogP contribution < -0.4 is 5.32 Å². The highest BCUT2D eigenvalue weighted by atomic mass is 32.2. The van der Waals surface area contributed by atoms with Crippen molar-refractivity contribution in [2.24, 2.45) is 0 Å². The minimum atomic E-state index is -0.548. The molecule has 1 unspecified atom stereocenters. The van der Waals surface area contributed by atoms with Gasteiger partial charge >= 0.3 is 5.97 Å². The van der Waals surface area contributed by atoms with Crippen LogP contribution in [0.5, 0.6) is 0 Å². The third kappa shape index (κ3) is 8.36. The van der Waals surface area contributed by atoms with E-state index >= 15 is 0 Å². The summed E-state index contributed by atoms with van der Waals surface area (Å²) in [5.74, 6) is 0.208. The van der Waals surface area contributed by atoms with Gasteiger partial charge in [-0.25, -0.2) is 4.79 Å². The van der Waals surface area contributed by atoms with Gasteiger partial charge in [0.15, 0.2) is 0 Å². The molecular weight excluding hydrogens is 254 g/mol. The molecule has 0 saturated heterocycles. The van der Waals surface area contributed by atoms with Crippen molar-refractivity contribution >= 4 is 23.6 Å². The van der Waals surface area contributed by atoms with Crippen LogP contribution in [0.4, 0.5) is 0 Å². The lowest BCUT2D eigenvalue weighted by atomic mass is 10.2. The second kappa shape index (κ2) is 10.2. The lowest BCUT2D eigenvalue weighted by Crippen LogP contribution is -2.41. The van der Waals surface area contributed by atoms with Crippen molar-refractivity contribution in [3.63, 3.8) is 0 Å². The normalized spacial score (nSPS) is 13.8. The zero-order valence-electron chi connectivity index (χ0n) is 11.5. The summed E-state index contributed by atoms with van der Waals surface area (Å²) in [4.78, 5) is 22.8. The first-order valence-corrected chi connectivity index (χ1v) is 7.36. The minimum Gasteiger partial charge on any atom is -0.464 e. The summed E-state index contributed by atoms with van der Waals surface area (Å²) in [7, 11) is 1.62. The average molecular weight is 277 g/mol. The summed E-state index contributed by atoms with van der Waals surface area (Å²) < 4.78 is 10.2. The van der Waals surface area contributed by atoms with Crippen LogP contribution in [-0.2, 0) is 19.1 Å². The summed E-state index contributed by atoms with van der Waals surface area (Å²) >= 11 is 1.63. The Kier molecular flexibility index (Phi) is 9.77. The highest BCUT2D eigenvalue weighted by Gasteiger charge is 2.20. The zero-order valence-corrected chi connectivity index (χ0v) is 12.3. The van der Waals surface area contributed by atoms with Crippen LogP contribution in [0.3, 0.4) is 0 Å². The van der Waals surface area contributed by atoms with E-state index in [0.717, 1.165) is 5.75 Å². The zero-order chi connectivity index (χ0) is 14.0. The molecule has 0 aliphatic rings. The highest BCUT2D eigenvalue weighted by Crippen LogP contribution is 2.04. The fraction of sp³-hybridized carbons (Fsp3) is 0.833. The summed E-state index contributed by atoms with van der Waals surface area (Å²) in [5.41, 5.74) is 0. The molecule has 6 heteroatoms. The molecule has 0 aromatic heterocycles. The van der Waals surface area contributed by atoms with Crippen LogP contribution in [0.1, 0.15) is 26.7 Å². The van der Waals surface area contributed by atoms with E-state index in [1.165, 1.54) is 6.92 Å². The number of ether oxygens (including phenoxy) is 2. The molecule has 18 heavy (non-hydrogen) atoms. The van der Waals surface area contributed by atoms with E-state index in [4.69, 9.17) is 9.47 Å². The number of carbonyl (C=O) groups excluding carboxylic acids is 2. The topological polar surface area (TPSA) is 64.6 Å². The van der Waals surface area contributed by atoms with Gasteiger partial charge in [0.2, 0.25) is 5.91 Å². The molecule has 0 bridgehead atoms. The van der Waals surface area contributed by atoms with Crippen molar-refractivity contribution in [1.82, 2.24) is 5.32 Å². The molecule has 0 radical (unpaired) electrons. The van der Waals surface area contributed by atoms with Crippen molar-refractivity contribution in [2.75, 3.05) is 25.7 Å². The molecular formula is C12H23NO4S. The molecule has 2 atom stereocenters. The number of hydrogen-bond donors (Lipinski definition) is 1. The molecule has 0 spiro atoms. The van der Waals surface area contributed by atoms with Crippen LogP contribution in [0.15, 0.2) is 0 Å². The SMILES string of the molecule is COC(C)CCOC(=O)[C@@H](CCSC)NC(C)=O. The van der Waals surface area contributed by atoms with Gasteiger partial charge in [0.1, 0.15) is 6.04 Å². The van der Waals surface area contributed by atoms with E-state index in [2.05, 4.69) is 5.32 Å². The van der Waals surface area contributed by atoms with Crippen LogP contribution in [-0.4, -0.2) is 49.7 Å². The number of thioether (sulfide) groups is 1. The van der Waals surface area contributed by atoms with Gasteiger partial charge in [0, 0.05) is 20.5 Å². The van der Waals surface area contributed by atoms with Crippen LogP contribution in [0.25, 0.3) is 0 Å². The maximum absolute atomic E-state index is 11.8. The number of rotatable bonds is 9. The van der Waals surface area contributed by atoms with E-state index in [0.29, 0.717) is 19.4 Å². The van der Waals surface area contributed by atoms with Crippen molar-refractivity contribution in [3.05, 3.63) is 0 Å². The number of methoxy groups -OCH3 is 1. The van der Waals surface area contributed by atoms with E-state index in [9.17, 15) is 9.59 Å². The van der Waals surface area contributed by atoms with Gasteiger partial charge in [-0.3, -0.25) is 4.79 Å². The van der Waals surface area contributed by atoms with Crippen molar-refractivity contribution < 1.29 is 19.1 Å². The molecule has 0 aliphatic heterocycles. The van der Waals surface area contributed by atoms with Gasteiger partial charge in [-0.15, -0.1) is 0 Å². The second-order valence-corrected chi connectivity index (χ2v) is 5.02. The van der Waals surface area contributed by atoms with Gasteiger partial charge in [-0.2, -0.15) is 11.8 Å². The Morgan fingerprint density at radius 2 is 2.00 bits per heavy atom. The minimum absolute atomic E-state index is 0.0585. The first kappa shape index (κ1) is 17.2. The molecule has 1 N–H and O–H groups in total. The Labute approximate surface area is 113 Å². The van der Waals surface area contributed by atoms with Gasteiger partial charge < -0.3 is 14.8 Å². The highest BCUT2D eigenvalue weighted by molar-refractivity contribution is 7.98. The maximum Gasteiger partial charge on any atom is 0.328 e. The van der Waals surface area contributed by atoms with Gasteiger partial charge in [0.05, 0.1) is 12.7 Å². The fourth-order valence-electron chi connectivity index (χ4n) is 1.27. The first-order chi connectivity index (χ1) is 8.51. The molecule has 0 fully saturated rings. The maximum atomic E-state index is 11.8. The summed E-state index contributed by atoms with van der Waals surface area (Å²) in [6, 6.07) is -0.548. The first-order valence-electron chi connectivity index (χ1n) is 5.96. The quantitative estimate of drug-likeness (QED) is 0.642. The van der Waals surface area contributed by atoms with Crippen molar-refractivity contribution in [1.29, 1.82) is 0 Å². The van der Waals surface area contributed by atoms with Gasteiger partial charge in [-0.1, -0.05) is 0 Å². The molecule has 0 aromatic rings. The molecule has 0 heterocycles. The monoisotopic (exact) mass is 277 g/mol. The van der Waals surface area contributed by atoms with Crippen molar-refractivity contribution in [2.45, 2.75) is 38.8 Å². The third-order valence-corrected chi connectivity index (χ3v) is 3.09. The number of nitrogens with one attached hydrogen (secondary N) is 1. The largest absolute Gasteiger partial charge is 0.464 e. The third-order valence-electron chi connectivity index (χ3n) is 2.44. The Balaban J connectivity index is 4.07. The molecule has 0 saturated carbocycles. The van der Waals surface area contributed by atoms with Gasteiger partial charge in [-0.05, 0) is 25.4 Å². The number of carbonyl (C=O) groups is 2. The molecule has 1 amide bonds. The Bertz CT molecular complexity index is 260. The molecule has 0 rings (SSSR count). The second-order valence-electron chi connectivity index (χ2n) is 4.04. The molecule has 0 aliphatic carbocycles. The summed E-state index contributed by atoms with van der Waals surface area (Å²) in [5, 5.41) is 2.61. The van der Waals surface area contributed by atoms with Crippen molar-refractivity contribution in [3.8, 4) is 0 Å². The average Bonchev–Trinajstić information content (AvgIpc) is 2.33. The van der Waals surface area contributed by atoms with Crippen LogP contribution in [0, 0.1) is 0 Å². The van der Waals surface area contributed by atoms with Crippen LogP contribution >= 0.6 is 11.8 Å². The number of hydrogen-bond acceptors (Lipinski definition) is 5. The van der Waals surface area contributed by atoms with E-state index in [1.807, 2.05) is 13.2 Å². The smallest absolute Gasteiger partial charge is 0.328 e. The Hall–Kier alpha value is -0.750. The summed E-state index contributed by atoms with van der Waals surface area (Å²) in [6.45, 7) is 3.61. The fourth-order valence-corrected chi connectivity index (χ4v) is 1.75. The van der Waals surface area contributed by atoms with Gasteiger partial charge in [0.25, 0.3) is 0 Å². The standard InChI is InChI=1S/C12H23NO4S/c1-9(16-3)5-7-17-12(15)11(6-8-18-4)13-10(2)14/h9,11H,5-8H2,1-4H3,(H,13,14)/t9?,11-/m1/s1. The van der Waals surface area contributed by atoms with E-state index in [-0.39, 0.29) is 18.0 Å².